The number of benzene rings is 2. The highest BCUT2D eigenvalue weighted by atomic mass is 19.3. The zero-order valence-corrected chi connectivity index (χ0v) is 10.3. The Balaban J connectivity index is 2.37. The topological polar surface area (TPSA) is 64.3 Å². The van der Waals surface area contributed by atoms with E-state index in [9.17, 15) is 13.6 Å². The third-order valence-corrected chi connectivity index (χ3v) is 2.61. The lowest BCUT2D eigenvalue weighted by molar-refractivity contribution is -0.192. The molecule has 6 heteroatoms. The first-order valence-corrected chi connectivity index (χ1v) is 5.77. The summed E-state index contributed by atoms with van der Waals surface area (Å²) < 4.78 is 31.5. The van der Waals surface area contributed by atoms with Gasteiger partial charge >= 0.3 is 12.0 Å². The highest BCUT2D eigenvalue weighted by Gasteiger charge is 2.42. The minimum atomic E-state index is -4.04. The number of nitrogens with two attached hydrogens (primary N) is 1. The number of para-hydroxylation sites is 1. The van der Waals surface area contributed by atoms with E-state index in [1.165, 1.54) is 17.6 Å². The number of carbonyl (C=O) groups is 1. The predicted octanol–water partition coefficient (Wildman–Crippen LogP) is 2.32. The van der Waals surface area contributed by atoms with Crippen molar-refractivity contribution in [2.45, 2.75) is 6.11 Å². The maximum Gasteiger partial charge on any atom is 0.483 e. The summed E-state index contributed by atoms with van der Waals surface area (Å²) in [7, 11) is 0. The summed E-state index contributed by atoms with van der Waals surface area (Å²) in [4.78, 5) is 11.0. The molecule has 0 radical (unpaired) electrons. The minimum absolute atomic E-state index is 0.104. The Kier molecular flexibility index (Phi) is 3.95. The first kappa shape index (κ1) is 14.0. The first-order valence-electron chi connectivity index (χ1n) is 5.77. The maximum absolute atomic E-state index is 13.5. The summed E-state index contributed by atoms with van der Waals surface area (Å²) in [5, 5.41) is 0. The molecule has 3 N–H and O–H groups in total. The molecule has 0 aliphatic heterocycles. The van der Waals surface area contributed by atoms with Crippen LogP contribution in [0.4, 0.5) is 8.78 Å². The molecule has 20 heavy (non-hydrogen) atoms. The second-order valence-electron chi connectivity index (χ2n) is 3.95. The van der Waals surface area contributed by atoms with E-state index in [4.69, 9.17) is 5.84 Å². The van der Waals surface area contributed by atoms with Crippen LogP contribution in [0.25, 0.3) is 11.1 Å². The van der Waals surface area contributed by atoms with Crippen LogP contribution in [-0.2, 0) is 4.79 Å². The fourth-order valence-corrected chi connectivity index (χ4v) is 1.68. The molecular weight excluding hydrogens is 266 g/mol. The first-order chi connectivity index (χ1) is 9.54. The van der Waals surface area contributed by atoms with Gasteiger partial charge in [0, 0.05) is 5.56 Å². The van der Waals surface area contributed by atoms with Crippen molar-refractivity contribution in [2.75, 3.05) is 0 Å². The van der Waals surface area contributed by atoms with Crippen molar-refractivity contribution < 1.29 is 18.3 Å². The molecule has 0 unspecified atom stereocenters. The summed E-state index contributed by atoms with van der Waals surface area (Å²) in [6, 6.07) is 15.1. The van der Waals surface area contributed by atoms with Crippen LogP contribution in [0.15, 0.2) is 54.6 Å². The quantitative estimate of drug-likeness (QED) is 0.512. The lowest BCUT2D eigenvalue weighted by atomic mass is 10.1. The molecule has 2 rings (SSSR count). The molecule has 0 spiro atoms. The smallest absolute Gasteiger partial charge is 0.425 e. The van der Waals surface area contributed by atoms with Gasteiger partial charge in [0.1, 0.15) is 5.75 Å². The number of ether oxygens (including phenoxy) is 1. The monoisotopic (exact) mass is 278 g/mol. The number of halogens is 2. The van der Waals surface area contributed by atoms with E-state index in [0.29, 0.717) is 11.1 Å². The fraction of sp³-hybridized carbons (Fsp3) is 0.0714. The van der Waals surface area contributed by atoms with Crippen LogP contribution in [0.5, 0.6) is 5.75 Å². The Bertz CT molecular complexity index is 603. The van der Waals surface area contributed by atoms with Crippen LogP contribution >= 0.6 is 0 Å². The number of nitrogens with one attached hydrogen (secondary N) is 1. The Labute approximate surface area is 114 Å². The molecular formula is C14H12F2N2O2. The van der Waals surface area contributed by atoms with Crippen molar-refractivity contribution in [1.82, 2.24) is 5.43 Å². The molecule has 0 saturated carbocycles. The van der Waals surface area contributed by atoms with Crippen molar-refractivity contribution in [3.05, 3.63) is 54.6 Å². The van der Waals surface area contributed by atoms with Crippen LogP contribution in [0, 0.1) is 0 Å². The highest BCUT2D eigenvalue weighted by Crippen LogP contribution is 2.32. The number of rotatable bonds is 4. The molecule has 104 valence electrons. The van der Waals surface area contributed by atoms with Crippen LogP contribution in [0.1, 0.15) is 0 Å². The molecule has 0 aromatic heterocycles. The molecule has 0 saturated heterocycles. The number of hydrogen-bond donors (Lipinski definition) is 2. The lowest BCUT2D eigenvalue weighted by Crippen LogP contribution is -2.47. The zero-order valence-electron chi connectivity index (χ0n) is 10.3. The van der Waals surface area contributed by atoms with Gasteiger partial charge < -0.3 is 4.74 Å². The van der Waals surface area contributed by atoms with Gasteiger partial charge in [-0.25, -0.2) is 5.84 Å². The molecule has 0 heterocycles. The number of alkyl halides is 2. The average molecular weight is 278 g/mol. The van der Waals surface area contributed by atoms with Crippen molar-refractivity contribution in [2.24, 2.45) is 5.84 Å². The third kappa shape index (κ3) is 2.92. The molecule has 1 amide bonds. The molecule has 0 aliphatic carbocycles. The summed E-state index contributed by atoms with van der Waals surface area (Å²) in [6.07, 6.45) is -4.04. The Morgan fingerprint density at radius 3 is 2.30 bits per heavy atom. The molecule has 0 aliphatic rings. The van der Waals surface area contributed by atoms with E-state index in [1.807, 2.05) is 6.07 Å². The van der Waals surface area contributed by atoms with Crippen LogP contribution in [-0.4, -0.2) is 12.0 Å². The molecule has 4 nitrogen and oxygen atoms in total. The molecule has 0 fully saturated rings. The van der Waals surface area contributed by atoms with E-state index in [2.05, 4.69) is 4.74 Å². The average Bonchev–Trinajstić information content (AvgIpc) is 2.47. The van der Waals surface area contributed by atoms with Gasteiger partial charge in [0.25, 0.3) is 0 Å². The summed E-state index contributed by atoms with van der Waals surface area (Å²) in [5.74, 6) is 2.89. The lowest BCUT2D eigenvalue weighted by Gasteiger charge is -2.18. The van der Waals surface area contributed by atoms with Gasteiger partial charge in [-0.3, -0.25) is 10.2 Å². The molecule has 2 aromatic carbocycles. The van der Waals surface area contributed by atoms with Gasteiger partial charge in [-0.15, -0.1) is 0 Å². The summed E-state index contributed by atoms with van der Waals surface area (Å²) >= 11 is 0. The molecule has 2 aromatic rings. The van der Waals surface area contributed by atoms with Crippen LogP contribution in [0.3, 0.4) is 0 Å². The van der Waals surface area contributed by atoms with Gasteiger partial charge in [0.2, 0.25) is 0 Å². The van der Waals surface area contributed by atoms with E-state index in [0.717, 1.165) is 0 Å². The second kappa shape index (κ2) is 5.66. The van der Waals surface area contributed by atoms with Gasteiger partial charge in [-0.05, 0) is 11.6 Å². The van der Waals surface area contributed by atoms with E-state index in [1.54, 1.807) is 36.4 Å². The Morgan fingerprint density at radius 2 is 1.65 bits per heavy atom. The largest absolute Gasteiger partial charge is 0.483 e. The Hall–Kier alpha value is -2.47. The zero-order chi connectivity index (χ0) is 14.6. The Morgan fingerprint density at radius 1 is 1.05 bits per heavy atom. The van der Waals surface area contributed by atoms with Crippen LogP contribution < -0.4 is 16.0 Å². The van der Waals surface area contributed by atoms with Gasteiger partial charge in [-0.1, -0.05) is 48.5 Å². The predicted molar refractivity (Wildman–Crippen MR) is 69.8 cm³/mol. The second-order valence-corrected chi connectivity index (χ2v) is 3.95. The fourth-order valence-electron chi connectivity index (χ4n) is 1.68. The van der Waals surface area contributed by atoms with Gasteiger partial charge in [0.05, 0.1) is 0 Å². The molecule has 0 atom stereocenters. The minimum Gasteiger partial charge on any atom is -0.425 e. The highest BCUT2D eigenvalue weighted by molar-refractivity contribution is 5.82. The molecule has 0 bridgehead atoms. The van der Waals surface area contributed by atoms with Gasteiger partial charge in [-0.2, -0.15) is 8.78 Å². The van der Waals surface area contributed by atoms with Gasteiger partial charge in [0.15, 0.2) is 0 Å². The normalized spacial score (nSPS) is 10.9. The van der Waals surface area contributed by atoms with E-state index in [-0.39, 0.29) is 5.75 Å². The van der Waals surface area contributed by atoms with E-state index < -0.39 is 12.0 Å². The maximum atomic E-state index is 13.5. The van der Waals surface area contributed by atoms with Crippen molar-refractivity contribution >= 4 is 5.91 Å². The standard InChI is InChI=1S/C14H12F2N2O2/c15-14(16,13(19)18-17)20-12-9-5-4-8-11(12)10-6-2-1-3-7-10/h1-9H,17H2,(H,18,19). The SMILES string of the molecule is NNC(=O)C(F)(F)Oc1ccccc1-c1ccccc1. The van der Waals surface area contributed by atoms with Crippen molar-refractivity contribution in [3.8, 4) is 16.9 Å². The number of amides is 1. The van der Waals surface area contributed by atoms with Crippen LogP contribution in [0.2, 0.25) is 0 Å². The van der Waals surface area contributed by atoms with Crippen molar-refractivity contribution in [3.63, 3.8) is 0 Å². The van der Waals surface area contributed by atoms with E-state index >= 15 is 0 Å². The van der Waals surface area contributed by atoms with Crippen molar-refractivity contribution in [1.29, 1.82) is 0 Å². The number of hydrazine groups is 1. The summed E-state index contributed by atoms with van der Waals surface area (Å²) in [6.45, 7) is 0. The third-order valence-electron chi connectivity index (χ3n) is 2.61. The number of hydrogen-bond acceptors (Lipinski definition) is 3. The number of carbonyl (C=O) groups excluding carboxylic acids is 1. The summed E-state index contributed by atoms with van der Waals surface area (Å²) in [5.41, 5.74) is 2.53.